The van der Waals surface area contributed by atoms with Gasteiger partial charge in [0.05, 0.1) is 33.1 Å². The summed E-state index contributed by atoms with van der Waals surface area (Å²) in [4.78, 5) is 10.9. The van der Waals surface area contributed by atoms with Gasteiger partial charge in [0.15, 0.2) is 5.82 Å². The summed E-state index contributed by atoms with van der Waals surface area (Å²) in [7, 11) is 0. The van der Waals surface area contributed by atoms with Crippen molar-refractivity contribution in [3.63, 3.8) is 0 Å². The van der Waals surface area contributed by atoms with Gasteiger partial charge in [-0.1, -0.05) is 146 Å². The van der Waals surface area contributed by atoms with Crippen molar-refractivity contribution in [2.75, 3.05) is 0 Å². The van der Waals surface area contributed by atoms with E-state index in [1.807, 2.05) is 12.1 Å². The summed E-state index contributed by atoms with van der Waals surface area (Å²) < 4.78 is 4.89. The zero-order chi connectivity index (χ0) is 35.3. The maximum atomic E-state index is 5.54. The lowest BCUT2D eigenvalue weighted by Crippen LogP contribution is -2.05. The van der Waals surface area contributed by atoms with E-state index in [1.54, 1.807) is 0 Å². The Balaban J connectivity index is 1.46. The summed E-state index contributed by atoms with van der Waals surface area (Å²) in [5.74, 6) is 0.807. The van der Waals surface area contributed by atoms with Gasteiger partial charge in [-0.25, -0.2) is 9.97 Å². The maximum Gasteiger partial charge on any atom is 0.165 e. The zero-order valence-electron chi connectivity index (χ0n) is 29.1. The lowest BCUT2D eigenvalue weighted by Gasteiger charge is -2.17. The molecule has 4 nitrogen and oxygen atoms in total. The molecular formula is C50H30N4. The van der Waals surface area contributed by atoms with Crippen LogP contribution in [0.4, 0.5) is 0 Å². The minimum atomic E-state index is 0.807. The number of aromatic nitrogens is 4. The quantitative estimate of drug-likeness (QED) is 0.173. The van der Waals surface area contributed by atoms with Crippen molar-refractivity contribution in [3.8, 4) is 22.8 Å². The molecule has 4 heteroatoms. The Morgan fingerprint density at radius 1 is 0.315 bits per heavy atom. The van der Waals surface area contributed by atoms with Crippen molar-refractivity contribution >= 4 is 87.0 Å². The monoisotopic (exact) mass is 686 g/mol. The molecule has 0 amide bonds. The molecule has 0 N–H and O–H groups in total. The van der Waals surface area contributed by atoms with Crippen LogP contribution in [0.3, 0.4) is 0 Å². The van der Waals surface area contributed by atoms with Crippen LogP contribution in [0.2, 0.25) is 0 Å². The molecule has 54 heavy (non-hydrogen) atoms. The number of hydrogen-bond donors (Lipinski definition) is 0. The molecule has 0 aliphatic heterocycles. The molecule has 250 valence electrons. The topological polar surface area (TPSA) is 35.6 Å². The van der Waals surface area contributed by atoms with Crippen molar-refractivity contribution < 1.29 is 0 Å². The van der Waals surface area contributed by atoms with E-state index >= 15 is 0 Å². The second-order valence-electron chi connectivity index (χ2n) is 14.1. The van der Waals surface area contributed by atoms with E-state index in [4.69, 9.17) is 9.97 Å². The number of hydrogen-bond acceptors (Lipinski definition) is 2. The number of fused-ring (bicyclic) bond motifs is 16. The van der Waals surface area contributed by atoms with Crippen LogP contribution in [0.1, 0.15) is 0 Å². The first kappa shape index (κ1) is 29.3. The maximum absolute atomic E-state index is 5.54. The normalized spacial score (nSPS) is 12.1. The minimum Gasteiger partial charge on any atom is -0.307 e. The number of benzene rings is 9. The van der Waals surface area contributed by atoms with Gasteiger partial charge in [-0.2, -0.15) is 0 Å². The molecule has 9 aromatic carbocycles. The standard InChI is InChI=1S/C50H30N4/c1-3-17-31(18-4-1)47-50(52-40-28-14-13-27-39(40)51-47)54-42-30-16-12-26-38(42)46-44-36-24-10-8-22-34(36)33-21-7-9-23-35(33)43(44)45-37-25-11-15-29-41(37)53(48(45)49(46)54)32-19-5-2-6-20-32/h1-30H. The molecule has 12 aromatic rings. The van der Waals surface area contributed by atoms with Crippen LogP contribution >= 0.6 is 0 Å². The highest BCUT2D eigenvalue weighted by atomic mass is 15.1. The second-order valence-corrected chi connectivity index (χ2v) is 14.1. The highest BCUT2D eigenvalue weighted by Gasteiger charge is 2.28. The van der Waals surface area contributed by atoms with Crippen LogP contribution in [0.5, 0.6) is 0 Å². The first-order valence-corrected chi connectivity index (χ1v) is 18.4. The van der Waals surface area contributed by atoms with E-state index in [9.17, 15) is 0 Å². The molecular weight excluding hydrogens is 657 g/mol. The van der Waals surface area contributed by atoms with Gasteiger partial charge in [-0.05, 0) is 57.9 Å². The van der Waals surface area contributed by atoms with Gasteiger partial charge in [0.2, 0.25) is 0 Å². The summed E-state index contributed by atoms with van der Waals surface area (Å²) in [6.07, 6.45) is 0. The minimum absolute atomic E-state index is 0.807. The van der Waals surface area contributed by atoms with Crippen LogP contribution in [0.25, 0.3) is 110 Å². The molecule has 0 saturated heterocycles. The summed E-state index contributed by atoms with van der Waals surface area (Å²) in [6.45, 7) is 0. The highest BCUT2D eigenvalue weighted by Crippen LogP contribution is 2.51. The Labute approximate surface area is 309 Å². The van der Waals surface area contributed by atoms with Crippen LogP contribution in [-0.4, -0.2) is 19.1 Å². The van der Waals surface area contributed by atoms with Gasteiger partial charge >= 0.3 is 0 Å². The molecule has 0 fully saturated rings. The van der Waals surface area contributed by atoms with Crippen molar-refractivity contribution in [2.45, 2.75) is 0 Å². The lowest BCUT2D eigenvalue weighted by atomic mass is 9.89. The summed E-state index contributed by atoms with van der Waals surface area (Å²) in [5.41, 5.74) is 9.21. The van der Waals surface area contributed by atoms with Crippen LogP contribution in [0.15, 0.2) is 182 Å². The third-order valence-corrected chi connectivity index (χ3v) is 11.2. The highest BCUT2D eigenvalue weighted by molar-refractivity contribution is 6.45. The average molecular weight is 687 g/mol. The fourth-order valence-electron chi connectivity index (χ4n) is 9.10. The van der Waals surface area contributed by atoms with Gasteiger partial charge in [-0.3, -0.25) is 4.57 Å². The van der Waals surface area contributed by atoms with Gasteiger partial charge in [0, 0.05) is 43.6 Å². The Morgan fingerprint density at radius 2 is 0.741 bits per heavy atom. The molecule has 0 unspecified atom stereocenters. The molecule has 0 aliphatic rings. The molecule has 0 radical (unpaired) electrons. The van der Waals surface area contributed by atoms with E-state index in [0.29, 0.717) is 0 Å². The summed E-state index contributed by atoms with van der Waals surface area (Å²) in [5, 5.41) is 12.4. The SMILES string of the molecule is c1ccc(-c2nc3ccccc3nc2-n2c3ccccc3c3c4c5ccccc5c5ccccc5c4c4c5ccccc5n(-c5ccccc5)c4c32)cc1. The Morgan fingerprint density at radius 3 is 1.33 bits per heavy atom. The van der Waals surface area contributed by atoms with Crippen LogP contribution < -0.4 is 0 Å². The molecule has 0 aliphatic carbocycles. The second kappa shape index (κ2) is 11.1. The summed E-state index contributed by atoms with van der Waals surface area (Å²) in [6, 6.07) is 65.1. The van der Waals surface area contributed by atoms with Gasteiger partial charge in [0.1, 0.15) is 5.69 Å². The molecule has 0 spiro atoms. The van der Waals surface area contributed by atoms with E-state index in [0.717, 1.165) is 55.9 Å². The zero-order valence-corrected chi connectivity index (χ0v) is 29.1. The molecule has 0 atom stereocenters. The third-order valence-electron chi connectivity index (χ3n) is 11.2. The Hall–Kier alpha value is -7.30. The number of rotatable bonds is 3. The van der Waals surface area contributed by atoms with Crippen LogP contribution in [-0.2, 0) is 0 Å². The first-order chi connectivity index (χ1) is 26.8. The van der Waals surface area contributed by atoms with Crippen molar-refractivity contribution in [1.29, 1.82) is 0 Å². The van der Waals surface area contributed by atoms with Crippen LogP contribution in [0, 0.1) is 0 Å². The molecule has 3 aromatic heterocycles. The fraction of sp³-hybridized carbons (Fsp3) is 0. The van der Waals surface area contributed by atoms with E-state index in [2.05, 4.69) is 179 Å². The van der Waals surface area contributed by atoms with E-state index in [-0.39, 0.29) is 0 Å². The third kappa shape index (κ3) is 3.91. The van der Waals surface area contributed by atoms with Crippen molar-refractivity contribution in [3.05, 3.63) is 182 Å². The smallest absolute Gasteiger partial charge is 0.165 e. The van der Waals surface area contributed by atoms with Gasteiger partial charge in [0.25, 0.3) is 0 Å². The Kier molecular flexibility index (Phi) is 6.02. The molecule has 0 saturated carbocycles. The summed E-state index contributed by atoms with van der Waals surface area (Å²) >= 11 is 0. The molecule has 3 heterocycles. The van der Waals surface area contributed by atoms with Gasteiger partial charge in [-0.15, -0.1) is 0 Å². The predicted molar refractivity (Wildman–Crippen MR) is 226 cm³/mol. The predicted octanol–water partition coefficient (Wildman–Crippen LogP) is 13.0. The Bertz CT molecular complexity index is 3490. The number of nitrogens with zero attached hydrogens (tertiary/aromatic N) is 4. The van der Waals surface area contributed by atoms with Crippen molar-refractivity contribution in [2.24, 2.45) is 0 Å². The molecule has 0 bridgehead atoms. The molecule has 12 rings (SSSR count). The fourth-order valence-corrected chi connectivity index (χ4v) is 9.10. The van der Waals surface area contributed by atoms with E-state index < -0.39 is 0 Å². The average Bonchev–Trinajstić information content (AvgIpc) is 3.77. The first-order valence-electron chi connectivity index (χ1n) is 18.4. The number of para-hydroxylation sites is 5. The van der Waals surface area contributed by atoms with E-state index in [1.165, 1.54) is 53.9 Å². The van der Waals surface area contributed by atoms with Gasteiger partial charge < -0.3 is 4.57 Å². The largest absolute Gasteiger partial charge is 0.307 e. The van der Waals surface area contributed by atoms with Crippen molar-refractivity contribution in [1.82, 2.24) is 19.1 Å². The lowest BCUT2D eigenvalue weighted by molar-refractivity contribution is 1.08.